The molecule has 29 heavy (non-hydrogen) atoms. The number of carbonyl (C=O) groups is 1. The molecule has 1 aromatic heterocycles. The van der Waals surface area contributed by atoms with E-state index in [4.69, 9.17) is 4.52 Å². The third-order valence-electron chi connectivity index (χ3n) is 5.52. The van der Waals surface area contributed by atoms with Gasteiger partial charge in [0.05, 0.1) is 0 Å². The van der Waals surface area contributed by atoms with Crippen molar-refractivity contribution < 1.29 is 9.32 Å². The van der Waals surface area contributed by atoms with E-state index in [2.05, 4.69) is 16.2 Å². The molecule has 5 rings (SSSR count). The van der Waals surface area contributed by atoms with Crippen LogP contribution in [0.4, 0.5) is 0 Å². The second-order valence-corrected chi connectivity index (χ2v) is 7.39. The van der Waals surface area contributed by atoms with Gasteiger partial charge in [0.15, 0.2) is 0 Å². The summed E-state index contributed by atoms with van der Waals surface area (Å²) in [5.41, 5.74) is 1.60. The third-order valence-corrected chi connectivity index (χ3v) is 5.52. The van der Waals surface area contributed by atoms with E-state index in [1.807, 2.05) is 71.6 Å². The summed E-state index contributed by atoms with van der Waals surface area (Å²) in [5.74, 6) is 1.09. The number of fused-ring (bicyclic) bond motifs is 1. The first-order valence-electron chi connectivity index (χ1n) is 9.98. The lowest BCUT2D eigenvalue weighted by molar-refractivity contribution is 0.0561. The topological polar surface area (TPSA) is 59.2 Å². The summed E-state index contributed by atoms with van der Waals surface area (Å²) >= 11 is 0. The van der Waals surface area contributed by atoms with Crippen molar-refractivity contribution in [2.24, 2.45) is 0 Å². The minimum absolute atomic E-state index is 0.0138. The van der Waals surface area contributed by atoms with Gasteiger partial charge in [0, 0.05) is 17.7 Å². The fourth-order valence-electron chi connectivity index (χ4n) is 3.99. The molecule has 5 nitrogen and oxygen atoms in total. The molecule has 1 unspecified atom stereocenters. The maximum Gasteiger partial charge on any atom is 0.254 e. The molecule has 1 aliphatic rings. The molecule has 4 aromatic rings. The van der Waals surface area contributed by atoms with Gasteiger partial charge in [0.1, 0.15) is 6.04 Å². The average Bonchev–Trinajstić information content (AvgIpc) is 3.29. The Morgan fingerprint density at radius 2 is 1.72 bits per heavy atom. The number of hydrogen-bond acceptors (Lipinski definition) is 4. The van der Waals surface area contributed by atoms with Gasteiger partial charge in [-0.25, -0.2) is 0 Å². The minimum atomic E-state index is -0.187. The van der Waals surface area contributed by atoms with Crippen molar-refractivity contribution in [3.63, 3.8) is 0 Å². The predicted molar refractivity (Wildman–Crippen MR) is 111 cm³/mol. The van der Waals surface area contributed by atoms with Crippen molar-refractivity contribution in [2.45, 2.75) is 25.3 Å². The summed E-state index contributed by atoms with van der Waals surface area (Å²) < 4.78 is 5.59. The molecule has 0 spiro atoms. The van der Waals surface area contributed by atoms with Crippen molar-refractivity contribution in [3.05, 3.63) is 84.3 Å². The Bertz CT molecular complexity index is 1150. The fourth-order valence-corrected chi connectivity index (χ4v) is 3.99. The molecule has 2 heterocycles. The lowest BCUT2D eigenvalue weighted by atomic mass is 9.99. The zero-order chi connectivity index (χ0) is 19.6. The number of carbonyl (C=O) groups excluding carboxylic acids is 1. The Morgan fingerprint density at radius 3 is 2.59 bits per heavy atom. The number of hydrogen-bond donors (Lipinski definition) is 0. The van der Waals surface area contributed by atoms with Crippen molar-refractivity contribution in [1.82, 2.24) is 15.0 Å². The molecular weight excluding hydrogens is 362 g/mol. The van der Waals surface area contributed by atoms with E-state index in [1.54, 1.807) is 0 Å². The highest BCUT2D eigenvalue weighted by Crippen LogP contribution is 2.32. The molecule has 1 fully saturated rings. The number of aromatic nitrogens is 2. The lowest BCUT2D eigenvalue weighted by Crippen LogP contribution is -2.38. The van der Waals surface area contributed by atoms with Crippen LogP contribution in [-0.2, 0) is 0 Å². The minimum Gasteiger partial charge on any atom is -0.337 e. The number of likely N-dealkylation sites (tertiary alicyclic amines) is 1. The van der Waals surface area contributed by atoms with Gasteiger partial charge in [0.25, 0.3) is 5.91 Å². The van der Waals surface area contributed by atoms with E-state index < -0.39 is 0 Å². The van der Waals surface area contributed by atoms with Crippen LogP contribution in [0.15, 0.2) is 77.3 Å². The van der Waals surface area contributed by atoms with E-state index in [-0.39, 0.29) is 11.9 Å². The molecule has 0 bridgehead atoms. The normalized spacial score (nSPS) is 16.8. The van der Waals surface area contributed by atoms with E-state index in [0.717, 1.165) is 35.6 Å². The first-order valence-corrected chi connectivity index (χ1v) is 9.98. The van der Waals surface area contributed by atoms with Gasteiger partial charge in [-0.15, -0.1) is 0 Å². The smallest absolute Gasteiger partial charge is 0.254 e. The summed E-state index contributed by atoms with van der Waals surface area (Å²) in [6.07, 6.45) is 2.85. The maximum atomic E-state index is 13.3. The highest BCUT2D eigenvalue weighted by molar-refractivity contribution is 5.98. The largest absolute Gasteiger partial charge is 0.337 e. The Morgan fingerprint density at radius 1 is 0.931 bits per heavy atom. The summed E-state index contributed by atoms with van der Waals surface area (Å²) in [4.78, 5) is 19.8. The van der Waals surface area contributed by atoms with Crippen LogP contribution in [0.1, 0.15) is 41.6 Å². The van der Waals surface area contributed by atoms with Crippen LogP contribution < -0.4 is 0 Å². The number of amides is 1. The second kappa shape index (κ2) is 7.51. The molecule has 0 aliphatic carbocycles. The van der Waals surface area contributed by atoms with Gasteiger partial charge in [-0.05, 0) is 42.2 Å². The molecule has 1 amide bonds. The molecule has 144 valence electrons. The number of piperidine rings is 1. The van der Waals surface area contributed by atoms with E-state index in [1.165, 1.54) is 0 Å². The second-order valence-electron chi connectivity index (χ2n) is 7.39. The van der Waals surface area contributed by atoms with Crippen LogP contribution in [0, 0.1) is 0 Å². The zero-order valence-corrected chi connectivity index (χ0v) is 16.0. The van der Waals surface area contributed by atoms with Crippen LogP contribution in [0.2, 0.25) is 0 Å². The van der Waals surface area contributed by atoms with Gasteiger partial charge >= 0.3 is 0 Å². The highest BCUT2D eigenvalue weighted by atomic mass is 16.5. The molecule has 0 N–H and O–H groups in total. The zero-order valence-electron chi connectivity index (χ0n) is 16.0. The molecule has 1 saturated heterocycles. The van der Waals surface area contributed by atoms with Crippen LogP contribution in [0.3, 0.4) is 0 Å². The van der Waals surface area contributed by atoms with Crippen molar-refractivity contribution in [2.75, 3.05) is 6.54 Å². The molecule has 0 radical (unpaired) electrons. The fraction of sp³-hybridized carbons (Fsp3) is 0.208. The molecule has 5 heteroatoms. The first-order chi connectivity index (χ1) is 14.3. The van der Waals surface area contributed by atoms with Gasteiger partial charge in [-0.2, -0.15) is 4.98 Å². The molecule has 1 aliphatic heterocycles. The summed E-state index contributed by atoms with van der Waals surface area (Å²) in [5, 5.41) is 6.34. The van der Waals surface area contributed by atoms with E-state index in [0.29, 0.717) is 23.8 Å². The van der Waals surface area contributed by atoms with Crippen LogP contribution in [-0.4, -0.2) is 27.5 Å². The van der Waals surface area contributed by atoms with Crippen molar-refractivity contribution in [1.29, 1.82) is 0 Å². The van der Waals surface area contributed by atoms with Crippen LogP contribution in [0.5, 0.6) is 0 Å². The Labute approximate surface area is 169 Å². The third kappa shape index (κ3) is 3.40. The SMILES string of the molecule is O=C(c1ccc2ccccc2c1)N1CCCCC1c1nc(-c2ccccc2)no1. The molecular formula is C24H21N3O2. The number of nitrogens with zero attached hydrogens (tertiary/aromatic N) is 3. The Hall–Kier alpha value is -3.47. The monoisotopic (exact) mass is 383 g/mol. The molecule has 3 aromatic carbocycles. The van der Waals surface area contributed by atoms with Gasteiger partial charge in [-0.1, -0.05) is 65.8 Å². The van der Waals surface area contributed by atoms with Crippen molar-refractivity contribution in [3.8, 4) is 11.4 Å². The Balaban J connectivity index is 1.45. The maximum absolute atomic E-state index is 13.3. The highest BCUT2D eigenvalue weighted by Gasteiger charge is 2.32. The van der Waals surface area contributed by atoms with E-state index in [9.17, 15) is 4.79 Å². The quantitative estimate of drug-likeness (QED) is 0.484. The van der Waals surface area contributed by atoms with Gasteiger partial charge < -0.3 is 9.42 Å². The summed E-state index contributed by atoms with van der Waals surface area (Å²) in [6, 6.07) is 23.5. The first kappa shape index (κ1) is 17.6. The standard InChI is InChI=1S/C24H21N3O2/c28-24(20-14-13-17-8-4-5-11-19(17)16-20)27-15-7-6-12-21(27)23-25-22(26-29-23)18-9-2-1-3-10-18/h1-5,8-11,13-14,16,21H,6-7,12,15H2. The Kier molecular flexibility index (Phi) is 4.56. The van der Waals surface area contributed by atoms with Crippen LogP contribution >= 0.6 is 0 Å². The van der Waals surface area contributed by atoms with E-state index >= 15 is 0 Å². The predicted octanol–water partition coefficient (Wildman–Crippen LogP) is 5.26. The molecule has 1 atom stereocenters. The molecule has 0 saturated carbocycles. The van der Waals surface area contributed by atoms with Gasteiger partial charge in [0.2, 0.25) is 11.7 Å². The summed E-state index contributed by atoms with van der Waals surface area (Å²) in [6.45, 7) is 0.694. The number of rotatable bonds is 3. The van der Waals surface area contributed by atoms with Crippen LogP contribution in [0.25, 0.3) is 22.2 Å². The van der Waals surface area contributed by atoms with Crippen molar-refractivity contribution >= 4 is 16.7 Å². The lowest BCUT2D eigenvalue weighted by Gasteiger charge is -2.33. The average molecular weight is 383 g/mol. The number of benzene rings is 3. The summed E-state index contributed by atoms with van der Waals surface area (Å²) in [7, 11) is 0. The van der Waals surface area contributed by atoms with Gasteiger partial charge in [-0.3, -0.25) is 4.79 Å².